The molecule has 0 bridgehead atoms. The summed E-state index contributed by atoms with van der Waals surface area (Å²) in [5.74, 6) is 0.825. The normalized spacial score (nSPS) is 17.2. The Kier molecular flexibility index (Phi) is 4.99. The van der Waals surface area contributed by atoms with Crippen LogP contribution in [0, 0.1) is 11.3 Å². The highest BCUT2D eigenvalue weighted by molar-refractivity contribution is 5.28. The molecule has 0 spiro atoms. The van der Waals surface area contributed by atoms with Gasteiger partial charge in [-0.25, -0.2) is 0 Å². The lowest BCUT2D eigenvalue weighted by Gasteiger charge is -2.23. The van der Waals surface area contributed by atoms with Crippen LogP contribution in [-0.2, 0) is 11.3 Å². The second kappa shape index (κ2) is 6.74. The lowest BCUT2D eigenvalue weighted by atomic mass is 10.0. The van der Waals surface area contributed by atoms with Crippen LogP contribution < -0.4 is 10.1 Å². The lowest BCUT2D eigenvalue weighted by molar-refractivity contribution is 0.184. The fraction of sp³-hybridized carbons (Fsp3) is 0.562. The van der Waals surface area contributed by atoms with E-state index in [4.69, 9.17) is 9.47 Å². The maximum absolute atomic E-state index is 9.29. The number of ether oxygens (including phenoxy) is 2. The van der Waals surface area contributed by atoms with Gasteiger partial charge in [-0.1, -0.05) is 12.1 Å². The van der Waals surface area contributed by atoms with Crippen molar-refractivity contribution in [2.75, 3.05) is 13.7 Å². The minimum Gasteiger partial charge on any atom is -0.493 e. The van der Waals surface area contributed by atoms with Crippen molar-refractivity contribution >= 4 is 0 Å². The predicted molar refractivity (Wildman–Crippen MR) is 77.4 cm³/mol. The number of nitriles is 1. The largest absolute Gasteiger partial charge is 0.493 e. The molecule has 4 heteroatoms. The molecule has 1 aliphatic rings. The number of hydrogen-bond donors (Lipinski definition) is 1. The van der Waals surface area contributed by atoms with E-state index in [9.17, 15) is 5.26 Å². The van der Waals surface area contributed by atoms with E-state index in [0.29, 0.717) is 25.7 Å². The van der Waals surface area contributed by atoms with Crippen LogP contribution in [-0.4, -0.2) is 25.3 Å². The number of hydrogen-bond acceptors (Lipinski definition) is 4. The Bertz CT molecular complexity index is 480. The molecule has 1 atom stereocenters. The van der Waals surface area contributed by atoms with E-state index in [0.717, 1.165) is 11.3 Å². The van der Waals surface area contributed by atoms with Gasteiger partial charge in [-0.05, 0) is 37.5 Å². The van der Waals surface area contributed by atoms with Gasteiger partial charge in [0.25, 0.3) is 0 Å². The summed E-state index contributed by atoms with van der Waals surface area (Å²) in [6, 6.07) is 10.7. The van der Waals surface area contributed by atoms with Crippen LogP contribution in [0.2, 0.25) is 0 Å². The van der Waals surface area contributed by atoms with E-state index in [1.807, 2.05) is 31.2 Å². The van der Waals surface area contributed by atoms with Crippen molar-refractivity contribution in [3.05, 3.63) is 29.8 Å². The Morgan fingerprint density at radius 2 is 2.25 bits per heavy atom. The molecule has 0 amide bonds. The van der Waals surface area contributed by atoms with Gasteiger partial charge in [0.05, 0.1) is 19.3 Å². The molecule has 1 aromatic carbocycles. The second-order valence-corrected chi connectivity index (χ2v) is 5.54. The molecule has 108 valence electrons. The Labute approximate surface area is 120 Å². The summed E-state index contributed by atoms with van der Waals surface area (Å²) in [6.45, 7) is 3.05. The van der Waals surface area contributed by atoms with Gasteiger partial charge in [-0.2, -0.15) is 5.26 Å². The van der Waals surface area contributed by atoms with Gasteiger partial charge >= 0.3 is 0 Å². The molecule has 20 heavy (non-hydrogen) atoms. The first-order valence-corrected chi connectivity index (χ1v) is 7.05. The zero-order valence-electron chi connectivity index (χ0n) is 12.2. The van der Waals surface area contributed by atoms with Crippen molar-refractivity contribution in [2.45, 2.75) is 44.4 Å². The SMILES string of the molecule is COCc1cccc(OCCC(C)(C#N)NC2CC2)c1. The van der Waals surface area contributed by atoms with Crippen molar-refractivity contribution in [1.29, 1.82) is 5.26 Å². The minimum atomic E-state index is -0.495. The van der Waals surface area contributed by atoms with Gasteiger partial charge in [-0.3, -0.25) is 5.32 Å². The monoisotopic (exact) mass is 274 g/mol. The molecule has 0 aromatic heterocycles. The van der Waals surface area contributed by atoms with Crippen molar-refractivity contribution in [2.24, 2.45) is 0 Å². The fourth-order valence-electron chi connectivity index (χ4n) is 2.10. The molecule has 1 fully saturated rings. The first-order chi connectivity index (χ1) is 9.65. The third-order valence-electron chi connectivity index (χ3n) is 3.43. The third kappa shape index (κ3) is 4.52. The molecule has 1 unspecified atom stereocenters. The molecular formula is C16H22N2O2. The van der Waals surface area contributed by atoms with Gasteiger partial charge in [0.15, 0.2) is 0 Å². The molecule has 1 saturated carbocycles. The van der Waals surface area contributed by atoms with Gasteiger partial charge < -0.3 is 9.47 Å². The van der Waals surface area contributed by atoms with Crippen molar-refractivity contribution in [3.8, 4) is 11.8 Å². The van der Waals surface area contributed by atoms with Crippen molar-refractivity contribution < 1.29 is 9.47 Å². The van der Waals surface area contributed by atoms with Gasteiger partial charge in [0.1, 0.15) is 11.3 Å². The first-order valence-electron chi connectivity index (χ1n) is 7.05. The van der Waals surface area contributed by atoms with E-state index in [2.05, 4.69) is 11.4 Å². The highest BCUT2D eigenvalue weighted by Crippen LogP contribution is 2.24. The summed E-state index contributed by atoms with van der Waals surface area (Å²) in [4.78, 5) is 0. The molecule has 1 N–H and O–H groups in total. The Morgan fingerprint density at radius 3 is 2.90 bits per heavy atom. The average Bonchev–Trinajstić information content (AvgIpc) is 3.23. The van der Waals surface area contributed by atoms with Crippen molar-refractivity contribution in [3.63, 3.8) is 0 Å². The molecule has 0 saturated heterocycles. The average molecular weight is 274 g/mol. The van der Waals surface area contributed by atoms with E-state index in [1.165, 1.54) is 12.8 Å². The van der Waals surface area contributed by atoms with Crippen LogP contribution in [0.4, 0.5) is 0 Å². The van der Waals surface area contributed by atoms with E-state index < -0.39 is 5.54 Å². The maximum atomic E-state index is 9.29. The van der Waals surface area contributed by atoms with E-state index in [-0.39, 0.29) is 0 Å². The maximum Gasteiger partial charge on any atom is 0.119 e. The Morgan fingerprint density at radius 1 is 1.45 bits per heavy atom. The van der Waals surface area contributed by atoms with Crippen LogP contribution >= 0.6 is 0 Å². The Hall–Kier alpha value is -1.57. The number of rotatable bonds is 8. The highest BCUT2D eigenvalue weighted by Gasteiger charge is 2.32. The second-order valence-electron chi connectivity index (χ2n) is 5.54. The molecule has 2 rings (SSSR count). The van der Waals surface area contributed by atoms with Crippen LogP contribution in [0.25, 0.3) is 0 Å². The quantitative estimate of drug-likeness (QED) is 0.791. The van der Waals surface area contributed by atoms with Gasteiger partial charge in [0.2, 0.25) is 0 Å². The van der Waals surface area contributed by atoms with Gasteiger partial charge in [-0.15, -0.1) is 0 Å². The zero-order chi connectivity index (χ0) is 14.4. The van der Waals surface area contributed by atoms with E-state index >= 15 is 0 Å². The zero-order valence-corrected chi connectivity index (χ0v) is 12.2. The van der Waals surface area contributed by atoms with Crippen molar-refractivity contribution in [1.82, 2.24) is 5.32 Å². The molecule has 1 aliphatic carbocycles. The smallest absolute Gasteiger partial charge is 0.119 e. The summed E-state index contributed by atoms with van der Waals surface area (Å²) in [7, 11) is 1.68. The van der Waals surface area contributed by atoms with Gasteiger partial charge in [0, 0.05) is 19.6 Å². The predicted octanol–water partition coefficient (Wildman–Crippen LogP) is 2.64. The molecule has 0 heterocycles. The van der Waals surface area contributed by atoms with Crippen LogP contribution in [0.3, 0.4) is 0 Å². The fourth-order valence-corrected chi connectivity index (χ4v) is 2.10. The molecule has 0 aliphatic heterocycles. The van der Waals surface area contributed by atoms with Crippen LogP contribution in [0.1, 0.15) is 31.7 Å². The number of nitrogens with one attached hydrogen (secondary N) is 1. The van der Waals surface area contributed by atoms with E-state index in [1.54, 1.807) is 7.11 Å². The lowest BCUT2D eigenvalue weighted by Crippen LogP contribution is -2.43. The molecular weight excluding hydrogens is 252 g/mol. The number of methoxy groups -OCH3 is 1. The van der Waals surface area contributed by atoms with Crippen LogP contribution in [0.5, 0.6) is 5.75 Å². The summed E-state index contributed by atoms with van der Waals surface area (Å²) >= 11 is 0. The molecule has 0 radical (unpaired) electrons. The summed E-state index contributed by atoms with van der Waals surface area (Å²) in [6.07, 6.45) is 3.03. The topological polar surface area (TPSA) is 54.3 Å². The summed E-state index contributed by atoms with van der Waals surface area (Å²) in [5.41, 5.74) is 0.592. The Balaban J connectivity index is 1.82. The third-order valence-corrected chi connectivity index (χ3v) is 3.43. The summed E-state index contributed by atoms with van der Waals surface area (Å²) < 4.78 is 10.8. The van der Waals surface area contributed by atoms with Crippen LogP contribution in [0.15, 0.2) is 24.3 Å². The number of nitrogens with zero attached hydrogens (tertiary/aromatic N) is 1. The first kappa shape index (κ1) is 14.8. The number of benzene rings is 1. The highest BCUT2D eigenvalue weighted by atomic mass is 16.5. The summed E-state index contributed by atoms with van der Waals surface area (Å²) in [5, 5.41) is 12.7. The molecule has 4 nitrogen and oxygen atoms in total. The molecule has 1 aromatic rings. The minimum absolute atomic E-state index is 0.495. The standard InChI is InChI=1S/C16H22N2O2/c1-16(12-17,18-14-6-7-14)8-9-20-15-5-3-4-13(10-15)11-19-2/h3-5,10,14,18H,6-9,11H2,1-2H3.